The van der Waals surface area contributed by atoms with E-state index in [0.717, 1.165) is 17.2 Å². The second-order valence-electron chi connectivity index (χ2n) is 4.34. The van der Waals surface area contributed by atoms with E-state index in [1.807, 2.05) is 32.0 Å². The maximum atomic E-state index is 9.12. The number of furan rings is 1. The Kier molecular flexibility index (Phi) is 3.76. The van der Waals surface area contributed by atoms with Gasteiger partial charge in [0.05, 0.1) is 24.4 Å². The highest BCUT2D eigenvalue weighted by molar-refractivity contribution is 5.61. The van der Waals surface area contributed by atoms with Gasteiger partial charge >= 0.3 is 0 Å². The van der Waals surface area contributed by atoms with Crippen LogP contribution in [0.2, 0.25) is 0 Å². The van der Waals surface area contributed by atoms with Gasteiger partial charge in [-0.25, -0.2) is 0 Å². The number of rotatable bonds is 4. The summed E-state index contributed by atoms with van der Waals surface area (Å²) in [5, 5.41) is 12.4. The summed E-state index contributed by atoms with van der Waals surface area (Å²) >= 11 is 0. The molecule has 0 saturated carbocycles. The van der Waals surface area contributed by atoms with Gasteiger partial charge in [-0.3, -0.25) is 0 Å². The summed E-state index contributed by atoms with van der Waals surface area (Å²) in [6.07, 6.45) is 0. The van der Waals surface area contributed by atoms with Crippen molar-refractivity contribution in [2.24, 2.45) is 0 Å². The summed E-state index contributed by atoms with van der Waals surface area (Å²) < 4.78 is 10.7. The zero-order chi connectivity index (χ0) is 13.8. The summed E-state index contributed by atoms with van der Waals surface area (Å²) in [7, 11) is 1.60. The van der Waals surface area contributed by atoms with Crippen LogP contribution in [0.3, 0.4) is 0 Å². The van der Waals surface area contributed by atoms with Crippen molar-refractivity contribution in [1.29, 1.82) is 5.26 Å². The maximum absolute atomic E-state index is 9.12. The highest BCUT2D eigenvalue weighted by atomic mass is 16.5. The number of ether oxygens (including phenoxy) is 1. The van der Waals surface area contributed by atoms with Crippen molar-refractivity contribution < 1.29 is 9.15 Å². The first kappa shape index (κ1) is 13.0. The summed E-state index contributed by atoms with van der Waals surface area (Å²) in [5.41, 5.74) is 1.32. The third kappa shape index (κ3) is 2.89. The number of nitrogens with zero attached hydrogens (tertiary/aromatic N) is 1. The molecule has 0 spiro atoms. The van der Waals surface area contributed by atoms with Crippen LogP contribution >= 0.6 is 0 Å². The van der Waals surface area contributed by atoms with Crippen LogP contribution in [0.1, 0.15) is 30.0 Å². The molecule has 1 heterocycles. The molecule has 2 rings (SSSR count). The molecule has 0 bridgehead atoms. The van der Waals surface area contributed by atoms with Crippen molar-refractivity contribution in [2.75, 3.05) is 12.4 Å². The molecule has 4 heteroatoms. The first-order chi connectivity index (χ1) is 9.13. The molecule has 19 heavy (non-hydrogen) atoms. The van der Waals surface area contributed by atoms with Crippen LogP contribution < -0.4 is 10.1 Å². The second-order valence-corrected chi connectivity index (χ2v) is 4.34. The van der Waals surface area contributed by atoms with Crippen LogP contribution in [0, 0.1) is 18.3 Å². The number of nitriles is 1. The van der Waals surface area contributed by atoms with Crippen molar-refractivity contribution in [3.05, 3.63) is 47.4 Å². The largest absolute Gasteiger partial charge is 0.497 e. The van der Waals surface area contributed by atoms with Crippen molar-refractivity contribution in [2.45, 2.75) is 19.9 Å². The van der Waals surface area contributed by atoms with Gasteiger partial charge in [-0.1, -0.05) is 0 Å². The Balaban J connectivity index is 2.25. The van der Waals surface area contributed by atoms with Crippen molar-refractivity contribution >= 4 is 5.69 Å². The fourth-order valence-electron chi connectivity index (χ4n) is 1.86. The van der Waals surface area contributed by atoms with Crippen molar-refractivity contribution in [3.63, 3.8) is 0 Å². The molecule has 0 amide bonds. The highest BCUT2D eigenvalue weighted by Gasteiger charge is 2.12. The molecule has 4 nitrogen and oxygen atoms in total. The average Bonchev–Trinajstić information content (AvgIpc) is 2.85. The number of hydrogen-bond acceptors (Lipinski definition) is 4. The lowest BCUT2D eigenvalue weighted by Crippen LogP contribution is -2.07. The highest BCUT2D eigenvalue weighted by Crippen LogP contribution is 2.26. The lowest BCUT2D eigenvalue weighted by molar-refractivity contribution is 0.415. The third-order valence-corrected chi connectivity index (χ3v) is 2.91. The Hall–Kier alpha value is -2.41. The number of anilines is 1. The van der Waals surface area contributed by atoms with Gasteiger partial charge in [0.25, 0.3) is 0 Å². The van der Waals surface area contributed by atoms with Gasteiger partial charge in [-0.15, -0.1) is 0 Å². The summed E-state index contributed by atoms with van der Waals surface area (Å²) in [5.74, 6) is 2.42. The Labute approximate surface area is 112 Å². The molecule has 0 fully saturated rings. The Morgan fingerprint density at radius 1 is 1.32 bits per heavy atom. The topological polar surface area (TPSA) is 58.2 Å². The van der Waals surface area contributed by atoms with E-state index in [2.05, 4.69) is 11.4 Å². The molecule has 1 aromatic carbocycles. The van der Waals surface area contributed by atoms with Gasteiger partial charge in [-0.05, 0) is 38.1 Å². The average molecular weight is 256 g/mol. The molecule has 0 aliphatic rings. The van der Waals surface area contributed by atoms with Crippen LogP contribution in [-0.4, -0.2) is 7.11 Å². The summed E-state index contributed by atoms with van der Waals surface area (Å²) in [6, 6.07) is 11.3. The molecule has 0 aliphatic heterocycles. The van der Waals surface area contributed by atoms with Crippen LogP contribution in [0.4, 0.5) is 5.69 Å². The molecule has 1 aromatic heterocycles. The third-order valence-electron chi connectivity index (χ3n) is 2.91. The van der Waals surface area contributed by atoms with E-state index in [0.29, 0.717) is 11.3 Å². The molecule has 1 unspecified atom stereocenters. The Morgan fingerprint density at radius 2 is 2.11 bits per heavy atom. The quantitative estimate of drug-likeness (QED) is 0.907. The van der Waals surface area contributed by atoms with E-state index < -0.39 is 0 Å². The molecular formula is C15H16N2O2. The van der Waals surface area contributed by atoms with Gasteiger partial charge in [0.1, 0.15) is 23.3 Å². The van der Waals surface area contributed by atoms with E-state index in [-0.39, 0.29) is 6.04 Å². The standard InChI is InChI=1S/C15H16N2O2/c1-10-4-7-15(19-10)11(2)17-14-8-13(18-3)6-5-12(14)9-16/h4-8,11,17H,1-3H3. The van der Waals surface area contributed by atoms with E-state index in [4.69, 9.17) is 14.4 Å². The van der Waals surface area contributed by atoms with E-state index in [1.54, 1.807) is 19.2 Å². The minimum absolute atomic E-state index is 0.0205. The molecule has 1 N–H and O–H groups in total. The minimum Gasteiger partial charge on any atom is -0.497 e. The molecule has 0 aliphatic carbocycles. The zero-order valence-corrected chi connectivity index (χ0v) is 11.2. The smallest absolute Gasteiger partial charge is 0.126 e. The van der Waals surface area contributed by atoms with Gasteiger partial charge in [0.15, 0.2) is 0 Å². The number of hydrogen-bond donors (Lipinski definition) is 1. The predicted octanol–water partition coefficient (Wildman–Crippen LogP) is 3.64. The second kappa shape index (κ2) is 5.49. The van der Waals surface area contributed by atoms with Crippen LogP contribution in [0.25, 0.3) is 0 Å². The fourth-order valence-corrected chi connectivity index (χ4v) is 1.86. The predicted molar refractivity (Wildman–Crippen MR) is 73.2 cm³/mol. The molecule has 98 valence electrons. The SMILES string of the molecule is COc1ccc(C#N)c(NC(C)c2ccc(C)o2)c1. The fraction of sp³-hybridized carbons (Fsp3) is 0.267. The van der Waals surface area contributed by atoms with Crippen molar-refractivity contribution in [1.82, 2.24) is 0 Å². The lowest BCUT2D eigenvalue weighted by atomic mass is 10.1. The number of benzene rings is 1. The van der Waals surface area contributed by atoms with E-state index >= 15 is 0 Å². The van der Waals surface area contributed by atoms with Gasteiger partial charge < -0.3 is 14.5 Å². The summed E-state index contributed by atoms with van der Waals surface area (Å²) in [6.45, 7) is 3.89. The normalized spacial score (nSPS) is 11.7. The molecular weight excluding hydrogens is 240 g/mol. The van der Waals surface area contributed by atoms with E-state index in [1.165, 1.54) is 0 Å². The number of aryl methyl sites for hydroxylation is 1. The summed E-state index contributed by atoms with van der Waals surface area (Å²) in [4.78, 5) is 0. The van der Waals surface area contributed by atoms with Gasteiger partial charge in [-0.2, -0.15) is 5.26 Å². The Morgan fingerprint density at radius 3 is 2.68 bits per heavy atom. The lowest BCUT2D eigenvalue weighted by Gasteiger charge is -2.15. The van der Waals surface area contributed by atoms with Crippen LogP contribution in [-0.2, 0) is 0 Å². The number of methoxy groups -OCH3 is 1. The number of nitrogens with one attached hydrogen (secondary N) is 1. The van der Waals surface area contributed by atoms with Crippen molar-refractivity contribution in [3.8, 4) is 11.8 Å². The zero-order valence-electron chi connectivity index (χ0n) is 11.2. The molecule has 2 aromatic rings. The van der Waals surface area contributed by atoms with Gasteiger partial charge in [0, 0.05) is 6.07 Å². The van der Waals surface area contributed by atoms with Crippen LogP contribution in [0.15, 0.2) is 34.7 Å². The van der Waals surface area contributed by atoms with Crippen LogP contribution in [0.5, 0.6) is 5.75 Å². The van der Waals surface area contributed by atoms with Gasteiger partial charge in [0.2, 0.25) is 0 Å². The monoisotopic (exact) mass is 256 g/mol. The first-order valence-electron chi connectivity index (χ1n) is 6.05. The van der Waals surface area contributed by atoms with E-state index in [9.17, 15) is 0 Å². The maximum Gasteiger partial charge on any atom is 0.126 e. The minimum atomic E-state index is -0.0205. The molecule has 0 radical (unpaired) electrons. The molecule has 1 atom stereocenters. The first-order valence-corrected chi connectivity index (χ1v) is 6.05. The Bertz CT molecular complexity index is 611. The molecule has 0 saturated heterocycles.